The molecule has 2 rings (SSSR count). The molecule has 0 spiro atoms. The summed E-state index contributed by atoms with van der Waals surface area (Å²) in [6, 6.07) is 5.74. The smallest absolute Gasteiger partial charge is 0.340 e. The van der Waals surface area contributed by atoms with E-state index in [1.54, 1.807) is 13.2 Å². The lowest BCUT2D eigenvalue weighted by atomic mass is 10.1. The molecule has 10 nitrogen and oxygen atoms in total. The average Bonchev–Trinajstić information content (AvgIpc) is 3.09. The number of sulfonamides is 1. The van der Waals surface area contributed by atoms with Crippen LogP contribution >= 0.6 is 0 Å². The summed E-state index contributed by atoms with van der Waals surface area (Å²) in [5.74, 6) is -1.23. The quantitative estimate of drug-likeness (QED) is 0.338. The Labute approximate surface area is 200 Å². The Bertz CT molecular complexity index is 1140. The number of ketones is 1. The standard InChI is InChI=1S/C23H33N3O7S/c1-15-11-19(17(3)26(15)16(2)13-32-6)22(28)14-33-23(29)20-12-18(34(30,31)25(4)5)7-8-21(20)24-9-10-27/h7-8,11-12,16,24,27H,9-10,13-14H2,1-6H3/t16-/m1/s1. The van der Waals surface area contributed by atoms with Crippen LogP contribution in [0.4, 0.5) is 5.69 Å². The highest BCUT2D eigenvalue weighted by Gasteiger charge is 2.24. The van der Waals surface area contributed by atoms with Gasteiger partial charge in [-0.1, -0.05) is 0 Å². The number of anilines is 1. The first-order chi connectivity index (χ1) is 15.9. The number of aliphatic hydroxyl groups excluding tert-OH is 1. The third kappa shape index (κ3) is 6.03. The molecule has 11 heteroatoms. The van der Waals surface area contributed by atoms with Gasteiger partial charge in [0.15, 0.2) is 6.61 Å². The molecule has 0 aliphatic carbocycles. The Morgan fingerprint density at radius 2 is 1.85 bits per heavy atom. The lowest BCUT2D eigenvalue weighted by Gasteiger charge is -2.17. The number of rotatable bonds is 12. The number of hydrogen-bond acceptors (Lipinski definition) is 8. The summed E-state index contributed by atoms with van der Waals surface area (Å²) in [6.45, 7) is 5.61. The first kappa shape index (κ1) is 27.5. The van der Waals surface area contributed by atoms with Crippen molar-refractivity contribution in [2.75, 3.05) is 52.9 Å². The van der Waals surface area contributed by atoms with Gasteiger partial charge in [0.2, 0.25) is 15.8 Å². The summed E-state index contributed by atoms with van der Waals surface area (Å²) in [7, 11) is 0.579. The molecule has 2 N–H and O–H groups in total. The number of nitrogens with one attached hydrogen (secondary N) is 1. The number of aromatic nitrogens is 1. The van der Waals surface area contributed by atoms with Crippen LogP contribution in [0.5, 0.6) is 0 Å². The van der Waals surface area contributed by atoms with Gasteiger partial charge < -0.3 is 24.5 Å². The summed E-state index contributed by atoms with van der Waals surface area (Å²) < 4.78 is 38.5. The van der Waals surface area contributed by atoms with Crippen LogP contribution in [0.15, 0.2) is 29.2 Å². The predicted molar refractivity (Wildman–Crippen MR) is 128 cm³/mol. The zero-order valence-electron chi connectivity index (χ0n) is 20.4. The molecule has 0 bridgehead atoms. The van der Waals surface area contributed by atoms with Crippen molar-refractivity contribution in [3.63, 3.8) is 0 Å². The van der Waals surface area contributed by atoms with E-state index in [0.717, 1.165) is 15.7 Å². The van der Waals surface area contributed by atoms with E-state index in [-0.39, 0.29) is 41.1 Å². The molecule has 0 saturated carbocycles. The lowest BCUT2D eigenvalue weighted by molar-refractivity contribution is 0.0475. The van der Waals surface area contributed by atoms with Crippen molar-refractivity contribution in [3.8, 4) is 0 Å². The summed E-state index contributed by atoms with van der Waals surface area (Å²) >= 11 is 0. The monoisotopic (exact) mass is 495 g/mol. The SMILES string of the molecule is COC[C@@H](C)n1c(C)cc(C(=O)COC(=O)c2cc(S(=O)(=O)N(C)C)ccc2NCCO)c1C. The summed E-state index contributed by atoms with van der Waals surface area (Å²) in [5.41, 5.74) is 2.30. The van der Waals surface area contributed by atoms with Crippen LogP contribution in [-0.4, -0.2) is 81.7 Å². The van der Waals surface area contributed by atoms with Crippen LogP contribution in [0.25, 0.3) is 0 Å². The minimum Gasteiger partial charge on any atom is -0.454 e. The molecule has 0 aliphatic heterocycles. The Balaban J connectivity index is 2.28. The van der Waals surface area contributed by atoms with Crippen LogP contribution in [0.3, 0.4) is 0 Å². The molecule has 0 amide bonds. The number of esters is 1. The Kier molecular flexibility index (Phi) is 9.39. The van der Waals surface area contributed by atoms with Crippen LogP contribution in [-0.2, 0) is 19.5 Å². The Hall–Kier alpha value is -2.73. The molecule has 34 heavy (non-hydrogen) atoms. The third-order valence-electron chi connectivity index (χ3n) is 5.38. The Morgan fingerprint density at radius 3 is 2.44 bits per heavy atom. The van der Waals surface area contributed by atoms with Gasteiger partial charge in [-0.15, -0.1) is 0 Å². The van der Waals surface area contributed by atoms with Crippen molar-refractivity contribution in [1.29, 1.82) is 0 Å². The maximum absolute atomic E-state index is 12.9. The summed E-state index contributed by atoms with van der Waals surface area (Å²) in [4.78, 5) is 25.6. The number of aliphatic hydroxyl groups is 1. The maximum atomic E-state index is 12.9. The van der Waals surface area contributed by atoms with Gasteiger partial charge in [-0.05, 0) is 45.0 Å². The molecule has 2 aromatic rings. The number of carbonyl (C=O) groups is 2. The highest BCUT2D eigenvalue weighted by Crippen LogP contribution is 2.24. The van der Waals surface area contributed by atoms with Crippen LogP contribution < -0.4 is 5.32 Å². The molecule has 1 atom stereocenters. The van der Waals surface area contributed by atoms with E-state index in [2.05, 4.69) is 5.32 Å². The van der Waals surface area contributed by atoms with E-state index in [1.165, 1.54) is 32.3 Å². The van der Waals surface area contributed by atoms with Crippen molar-refractivity contribution in [3.05, 3.63) is 46.8 Å². The summed E-state index contributed by atoms with van der Waals surface area (Å²) in [6.07, 6.45) is 0. The third-order valence-corrected chi connectivity index (χ3v) is 7.20. The molecule has 0 saturated heterocycles. The van der Waals surface area contributed by atoms with Gasteiger partial charge in [0.05, 0.1) is 29.7 Å². The number of nitrogens with zero attached hydrogens (tertiary/aromatic N) is 2. The highest BCUT2D eigenvalue weighted by atomic mass is 32.2. The van der Waals surface area contributed by atoms with E-state index in [1.807, 2.05) is 25.3 Å². The zero-order valence-corrected chi connectivity index (χ0v) is 21.2. The lowest BCUT2D eigenvalue weighted by Crippen LogP contribution is -2.23. The van der Waals surface area contributed by atoms with Crippen molar-refractivity contribution in [2.24, 2.45) is 0 Å². The molecule has 188 valence electrons. The second-order valence-corrected chi connectivity index (χ2v) is 10.3. The van der Waals surface area contributed by atoms with Crippen molar-refractivity contribution in [1.82, 2.24) is 8.87 Å². The molecule has 0 fully saturated rings. The first-order valence-corrected chi connectivity index (χ1v) is 12.2. The number of carbonyl (C=O) groups excluding carboxylic acids is 2. The number of methoxy groups -OCH3 is 1. The molecule has 1 heterocycles. The normalized spacial score (nSPS) is 12.6. The first-order valence-electron chi connectivity index (χ1n) is 10.7. The summed E-state index contributed by atoms with van der Waals surface area (Å²) in [5, 5.41) is 12.0. The highest BCUT2D eigenvalue weighted by molar-refractivity contribution is 7.89. The van der Waals surface area contributed by atoms with Crippen LogP contribution in [0.1, 0.15) is 45.1 Å². The van der Waals surface area contributed by atoms with Gasteiger partial charge >= 0.3 is 5.97 Å². The fraction of sp³-hybridized carbons (Fsp3) is 0.478. The minimum atomic E-state index is -3.80. The van der Waals surface area contributed by atoms with Crippen LogP contribution in [0.2, 0.25) is 0 Å². The van der Waals surface area contributed by atoms with E-state index < -0.39 is 22.6 Å². The van der Waals surface area contributed by atoms with Gasteiger partial charge in [0, 0.05) is 50.4 Å². The van der Waals surface area contributed by atoms with E-state index in [0.29, 0.717) is 12.2 Å². The average molecular weight is 496 g/mol. The maximum Gasteiger partial charge on any atom is 0.340 e. The van der Waals surface area contributed by atoms with Crippen molar-refractivity contribution < 1.29 is 32.6 Å². The number of aryl methyl sites for hydroxylation is 1. The topological polar surface area (TPSA) is 127 Å². The van der Waals surface area contributed by atoms with Gasteiger partial charge in [0.25, 0.3) is 0 Å². The second kappa shape index (κ2) is 11.6. The van der Waals surface area contributed by atoms with Crippen molar-refractivity contribution >= 4 is 27.5 Å². The predicted octanol–water partition coefficient (Wildman–Crippen LogP) is 2.01. The molecule has 1 aromatic heterocycles. The van der Waals surface area contributed by atoms with E-state index in [9.17, 15) is 18.0 Å². The number of hydrogen-bond donors (Lipinski definition) is 2. The minimum absolute atomic E-state index is 0.0237. The van der Waals surface area contributed by atoms with Crippen LogP contribution in [0, 0.1) is 13.8 Å². The molecule has 0 unspecified atom stereocenters. The van der Waals surface area contributed by atoms with Gasteiger partial charge in [0.1, 0.15) is 0 Å². The zero-order chi connectivity index (χ0) is 25.6. The molecule has 1 aromatic carbocycles. The molecule has 0 radical (unpaired) electrons. The largest absolute Gasteiger partial charge is 0.454 e. The fourth-order valence-electron chi connectivity index (χ4n) is 3.75. The van der Waals surface area contributed by atoms with E-state index in [4.69, 9.17) is 14.6 Å². The molecular formula is C23H33N3O7S. The number of ether oxygens (including phenoxy) is 2. The molecular weight excluding hydrogens is 462 g/mol. The van der Waals surface area contributed by atoms with E-state index >= 15 is 0 Å². The van der Waals surface area contributed by atoms with Gasteiger partial charge in [-0.3, -0.25) is 4.79 Å². The number of Topliss-reactive ketones (excluding diaryl/α,β-unsaturated/α-hetero) is 1. The fourth-order valence-corrected chi connectivity index (χ4v) is 4.68. The molecule has 0 aliphatic rings. The second-order valence-electron chi connectivity index (χ2n) is 8.10. The van der Waals surface area contributed by atoms with Crippen molar-refractivity contribution in [2.45, 2.75) is 31.7 Å². The Morgan fingerprint density at radius 1 is 1.18 bits per heavy atom. The van der Waals surface area contributed by atoms with Gasteiger partial charge in [-0.2, -0.15) is 0 Å². The van der Waals surface area contributed by atoms with Gasteiger partial charge in [-0.25, -0.2) is 17.5 Å². The number of benzene rings is 1.